The molecule has 17 heavy (non-hydrogen) atoms. The van der Waals surface area contributed by atoms with E-state index in [1.54, 1.807) is 0 Å². The van der Waals surface area contributed by atoms with Crippen LogP contribution in [0, 0.1) is 5.92 Å². The normalized spacial score (nSPS) is 20.8. The Kier molecular flexibility index (Phi) is 6.52. The van der Waals surface area contributed by atoms with Crippen molar-refractivity contribution in [2.24, 2.45) is 5.92 Å². The standard InChI is InChI=1S/C13H27N3O/c1-4-15-8-7-12(11-15)9-14-10-13(17)16(5-2)6-3/h12,14H,4-11H2,1-3H3. The van der Waals surface area contributed by atoms with Crippen LogP contribution in [-0.2, 0) is 4.79 Å². The summed E-state index contributed by atoms with van der Waals surface area (Å²) in [4.78, 5) is 16.1. The number of rotatable bonds is 7. The van der Waals surface area contributed by atoms with E-state index in [1.165, 1.54) is 19.5 Å². The van der Waals surface area contributed by atoms with Crippen LogP contribution in [0.5, 0.6) is 0 Å². The number of nitrogens with one attached hydrogen (secondary N) is 1. The number of nitrogens with zero attached hydrogens (tertiary/aromatic N) is 2. The lowest BCUT2D eigenvalue weighted by Crippen LogP contribution is -2.39. The van der Waals surface area contributed by atoms with Gasteiger partial charge in [-0.1, -0.05) is 6.92 Å². The van der Waals surface area contributed by atoms with Gasteiger partial charge < -0.3 is 15.1 Å². The fourth-order valence-electron chi connectivity index (χ4n) is 2.44. The number of amides is 1. The van der Waals surface area contributed by atoms with Crippen molar-refractivity contribution < 1.29 is 4.79 Å². The number of likely N-dealkylation sites (tertiary alicyclic amines) is 1. The maximum atomic E-state index is 11.8. The molecular weight excluding hydrogens is 214 g/mol. The molecule has 0 aliphatic carbocycles. The molecule has 0 bridgehead atoms. The predicted octanol–water partition coefficient (Wildman–Crippen LogP) is 0.786. The third kappa shape index (κ3) is 4.64. The highest BCUT2D eigenvalue weighted by Gasteiger charge is 2.20. The Balaban J connectivity index is 2.13. The summed E-state index contributed by atoms with van der Waals surface area (Å²) in [6, 6.07) is 0. The van der Waals surface area contributed by atoms with Crippen molar-refractivity contribution in [2.45, 2.75) is 27.2 Å². The van der Waals surface area contributed by atoms with Crippen LogP contribution in [0.1, 0.15) is 27.2 Å². The summed E-state index contributed by atoms with van der Waals surface area (Å²) >= 11 is 0. The first-order valence-electron chi connectivity index (χ1n) is 6.92. The van der Waals surface area contributed by atoms with E-state index in [9.17, 15) is 4.79 Å². The van der Waals surface area contributed by atoms with E-state index >= 15 is 0 Å². The summed E-state index contributed by atoms with van der Waals surface area (Å²) in [5, 5.41) is 3.30. The van der Waals surface area contributed by atoms with Crippen molar-refractivity contribution in [3.8, 4) is 0 Å². The van der Waals surface area contributed by atoms with Gasteiger partial charge in [-0.05, 0) is 45.8 Å². The Labute approximate surface area is 105 Å². The maximum absolute atomic E-state index is 11.8. The molecule has 0 aromatic heterocycles. The van der Waals surface area contributed by atoms with Crippen LogP contribution in [0.25, 0.3) is 0 Å². The molecule has 1 unspecified atom stereocenters. The zero-order valence-electron chi connectivity index (χ0n) is 11.5. The predicted molar refractivity (Wildman–Crippen MR) is 71.0 cm³/mol. The van der Waals surface area contributed by atoms with Crippen LogP contribution < -0.4 is 5.32 Å². The SMILES string of the molecule is CCN1CCC(CNCC(=O)N(CC)CC)C1. The zero-order valence-corrected chi connectivity index (χ0v) is 11.5. The Morgan fingerprint density at radius 2 is 2.06 bits per heavy atom. The van der Waals surface area contributed by atoms with Gasteiger partial charge in [0, 0.05) is 19.6 Å². The summed E-state index contributed by atoms with van der Waals surface area (Å²) in [7, 11) is 0. The lowest BCUT2D eigenvalue weighted by atomic mass is 10.1. The molecule has 0 aromatic rings. The molecule has 0 saturated carbocycles. The molecule has 0 aromatic carbocycles. The van der Waals surface area contributed by atoms with Crippen LogP contribution in [0.2, 0.25) is 0 Å². The van der Waals surface area contributed by atoms with Gasteiger partial charge in [0.05, 0.1) is 6.54 Å². The van der Waals surface area contributed by atoms with Crippen LogP contribution in [0.4, 0.5) is 0 Å². The Morgan fingerprint density at radius 3 is 2.59 bits per heavy atom. The molecular formula is C13H27N3O. The van der Waals surface area contributed by atoms with Crippen LogP contribution in [0.15, 0.2) is 0 Å². The van der Waals surface area contributed by atoms with Gasteiger partial charge in [-0.25, -0.2) is 0 Å². The summed E-state index contributed by atoms with van der Waals surface area (Å²) in [5.41, 5.74) is 0. The minimum atomic E-state index is 0.223. The second kappa shape index (κ2) is 7.67. The average Bonchev–Trinajstić information content (AvgIpc) is 2.78. The molecule has 100 valence electrons. The molecule has 1 heterocycles. The summed E-state index contributed by atoms with van der Waals surface area (Å²) in [6.07, 6.45) is 1.26. The lowest BCUT2D eigenvalue weighted by Gasteiger charge is -2.19. The highest BCUT2D eigenvalue weighted by Crippen LogP contribution is 2.14. The topological polar surface area (TPSA) is 35.6 Å². The smallest absolute Gasteiger partial charge is 0.236 e. The van der Waals surface area contributed by atoms with Gasteiger partial charge >= 0.3 is 0 Å². The molecule has 4 heteroatoms. The first-order valence-corrected chi connectivity index (χ1v) is 6.92. The van der Waals surface area contributed by atoms with Gasteiger partial charge in [-0.15, -0.1) is 0 Å². The van der Waals surface area contributed by atoms with Crippen molar-refractivity contribution in [3.63, 3.8) is 0 Å². The van der Waals surface area contributed by atoms with E-state index in [0.717, 1.165) is 32.1 Å². The molecule has 1 aliphatic heterocycles. The summed E-state index contributed by atoms with van der Waals surface area (Å²) < 4.78 is 0. The molecule has 1 saturated heterocycles. The second-order valence-corrected chi connectivity index (χ2v) is 4.74. The Morgan fingerprint density at radius 1 is 1.35 bits per heavy atom. The monoisotopic (exact) mass is 241 g/mol. The highest BCUT2D eigenvalue weighted by atomic mass is 16.2. The largest absolute Gasteiger partial charge is 0.342 e. The van der Waals surface area contributed by atoms with Gasteiger partial charge in [0.1, 0.15) is 0 Å². The molecule has 1 aliphatic rings. The molecule has 1 fully saturated rings. The van der Waals surface area contributed by atoms with Gasteiger partial charge in [0.25, 0.3) is 0 Å². The minimum absolute atomic E-state index is 0.223. The molecule has 4 nitrogen and oxygen atoms in total. The molecule has 1 atom stereocenters. The number of carbonyl (C=O) groups is 1. The number of hydrogen-bond acceptors (Lipinski definition) is 3. The van der Waals surface area contributed by atoms with Crippen molar-refractivity contribution in [3.05, 3.63) is 0 Å². The fourth-order valence-corrected chi connectivity index (χ4v) is 2.44. The van der Waals surface area contributed by atoms with Gasteiger partial charge in [-0.2, -0.15) is 0 Å². The van der Waals surface area contributed by atoms with E-state index in [1.807, 2.05) is 18.7 Å². The van der Waals surface area contributed by atoms with Crippen LogP contribution >= 0.6 is 0 Å². The Bertz CT molecular complexity index is 229. The first-order chi connectivity index (χ1) is 8.21. The van der Waals surface area contributed by atoms with Gasteiger partial charge in [0.2, 0.25) is 5.91 Å². The van der Waals surface area contributed by atoms with E-state index in [0.29, 0.717) is 6.54 Å². The quantitative estimate of drug-likeness (QED) is 0.716. The van der Waals surface area contributed by atoms with Gasteiger partial charge in [-0.3, -0.25) is 4.79 Å². The van der Waals surface area contributed by atoms with Crippen molar-refractivity contribution >= 4 is 5.91 Å². The van der Waals surface area contributed by atoms with Crippen molar-refractivity contribution in [1.82, 2.24) is 15.1 Å². The van der Waals surface area contributed by atoms with E-state index in [4.69, 9.17) is 0 Å². The number of hydrogen-bond donors (Lipinski definition) is 1. The van der Waals surface area contributed by atoms with E-state index in [2.05, 4.69) is 17.1 Å². The first kappa shape index (κ1) is 14.5. The van der Waals surface area contributed by atoms with Crippen molar-refractivity contribution in [1.29, 1.82) is 0 Å². The minimum Gasteiger partial charge on any atom is -0.342 e. The third-order valence-corrected chi connectivity index (χ3v) is 3.64. The Hall–Kier alpha value is -0.610. The van der Waals surface area contributed by atoms with Crippen LogP contribution in [-0.4, -0.2) is 61.5 Å². The molecule has 0 radical (unpaired) electrons. The fraction of sp³-hybridized carbons (Fsp3) is 0.923. The van der Waals surface area contributed by atoms with Crippen LogP contribution in [0.3, 0.4) is 0 Å². The lowest BCUT2D eigenvalue weighted by molar-refractivity contribution is -0.129. The molecule has 1 rings (SSSR count). The molecule has 1 N–H and O–H groups in total. The highest BCUT2D eigenvalue weighted by molar-refractivity contribution is 5.78. The van der Waals surface area contributed by atoms with E-state index in [-0.39, 0.29) is 5.91 Å². The zero-order chi connectivity index (χ0) is 12.7. The number of carbonyl (C=O) groups excluding carboxylic acids is 1. The van der Waals surface area contributed by atoms with Crippen molar-refractivity contribution in [2.75, 3.05) is 45.8 Å². The van der Waals surface area contributed by atoms with E-state index < -0.39 is 0 Å². The maximum Gasteiger partial charge on any atom is 0.236 e. The second-order valence-electron chi connectivity index (χ2n) is 4.74. The molecule has 0 spiro atoms. The van der Waals surface area contributed by atoms with Gasteiger partial charge in [0.15, 0.2) is 0 Å². The summed E-state index contributed by atoms with van der Waals surface area (Å²) in [6.45, 7) is 12.9. The third-order valence-electron chi connectivity index (χ3n) is 3.64. The summed E-state index contributed by atoms with van der Waals surface area (Å²) in [5.74, 6) is 0.944. The average molecular weight is 241 g/mol. The molecule has 1 amide bonds. The number of likely N-dealkylation sites (N-methyl/N-ethyl adjacent to an activating group) is 1.